The van der Waals surface area contributed by atoms with Crippen LogP contribution in [0, 0.1) is 0 Å². The molecule has 39 heavy (non-hydrogen) atoms. The van der Waals surface area contributed by atoms with Crippen LogP contribution in [0.15, 0.2) is 78.9 Å². The highest BCUT2D eigenvalue weighted by molar-refractivity contribution is 6.03. The van der Waals surface area contributed by atoms with Crippen LogP contribution in [-0.2, 0) is 22.2 Å². The molecule has 2 amide bonds. The molecule has 10 heteroatoms. The Morgan fingerprint density at radius 2 is 1.72 bits per heavy atom. The fourth-order valence-corrected chi connectivity index (χ4v) is 4.36. The van der Waals surface area contributed by atoms with Crippen molar-refractivity contribution in [2.24, 2.45) is 0 Å². The predicted octanol–water partition coefficient (Wildman–Crippen LogP) is 4.96. The van der Waals surface area contributed by atoms with Gasteiger partial charge in [0, 0.05) is 29.4 Å². The van der Waals surface area contributed by atoms with Gasteiger partial charge in [0.25, 0.3) is 5.91 Å². The van der Waals surface area contributed by atoms with Gasteiger partial charge in [-0.1, -0.05) is 36.4 Å². The topological polar surface area (TPSA) is 96.9 Å². The molecule has 7 nitrogen and oxygen atoms in total. The lowest BCUT2D eigenvalue weighted by Crippen LogP contribution is -2.34. The zero-order valence-electron chi connectivity index (χ0n) is 20.4. The van der Waals surface area contributed by atoms with Gasteiger partial charge >= 0.3 is 6.18 Å². The molecule has 0 aliphatic carbocycles. The van der Waals surface area contributed by atoms with Crippen LogP contribution in [-0.4, -0.2) is 36.2 Å². The highest BCUT2D eigenvalue weighted by atomic mass is 19.4. The van der Waals surface area contributed by atoms with E-state index in [1.165, 1.54) is 24.3 Å². The number of allylic oxidation sites excluding steroid dienone is 2. The minimum Gasteiger partial charge on any atom is -0.486 e. The van der Waals surface area contributed by atoms with Crippen molar-refractivity contribution < 1.29 is 37.3 Å². The maximum absolute atomic E-state index is 13.1. The molecule has 0 saturated heterocycles. The zero-order chi connectivity index (χ0) is 27.6. The van der Waals surface area contributed by atoms with E-state index in [0.29, 0.717) is 58.4 Å². The number of rotatable bonds is 5. The minimum atomic E-state index is -4.47. The fourth-order valence-electron chi connectivity index (χ4n) is 4.36. The van der Waals surface area contributed by atoms with E-state index < -0.39 is 29.7 Å². The number of benzene rings is 3. The summed E-state index contributed by atoms with van der Waals surface area (Å²) in [7, 11) is 0. The average Bonchev–Trinajstić information content (AvgIpc) is 2.91. The molecule has 0 radical (unpaired) electrons. The van der Waals surface area contributed by atoms with E-state index in [2.05, 4.69) is 10.6 Å². The fraction of sp³-hybridized carbons (Fsp3) is 0.172. The van der Waals surface area contributed by atoms with Crippen LogP contribution in [0.5, 0.6) is 11.5 Å². The van der Waals surface area contributed by atoms with E-state index in [0.717, 1.165) is 12.1 Å². The summed E-state index contributed by atoms with van der Waals surface area (Å²) >= 11 is 0. The molecule has 1 unspecified atom stereocenters. The summed E-state index contributed by atoms with van der Waals surface area (Å²) < 4.78 is 50.6. The Bertz CT molecular complexity index is 1480. The molecular formula is C29H23F3N2O5. The zero-order valence-corrected chi connectivity index (χ0v) is 20.4. The van der Waals surface area contributed by atoms with Crippen molar-refractivity contribution in [3.63, 3.8) is 0 Å². The maximum atomic E-state index is 13.1. The Balaban J connectivity index is 1.42. The van der Waals surface area contributed by atoms with Gasteiger partial charge in [0.05, 0.1) is 5.56 Å². The minimum absolute atomic E-state index is 0.0589. The molecule has 0 fully saturated rings. The number of anilines is 2. The first-order chi connectivity index (χ1) is 18.7. The molecule has 200 valence electrons. The molecule has 3 N–H and O–H groups in total. The number of halogens is 3. The van der Waals surface area contributed by atoms with E-state index in [1.54, 1.807) is 42.5 Å². The van der Waals surface area contributed by atoms with Crippen molar-refractivity contribution in [1.29, 1.82) is 0 Å². The van der Waals surface area contributed by atoms with Gasteiger partial charge in [0.2, 0.25) is 5.91 Å². The standard InChI is InChI=1S/C29H23F3N2O5/c30-29(31,32)19-10-7-17(8-11-19)20(18-9-12-25-26(15-18)39-14-13-38-25)3-1-6-27(36)33-22-4-2-5-23-21(22)16-24(35)28(37)34-23/h1-12,15,24,35H,13-14,16H2,(H,33,36)(H,34,37)/b6-1+,20-3-. The second-order valence-electron chi connectivity index (χ2n) is 8.90. The summed E-state index contributed by atoms with van der Waals surface area (Å²) in [5.41, 5.74) is 2.51. The molecule has 1 atom stereocenters. The van der Waals surface area contributed by atoms with Gasteiger partial charge in [-0.25, -0.2) is 0 Å². The smallest absolute Gasteiger partial charge is 0.416 e. The third-order valence-corrected chi connectivity index (χ3v) is 6.28. The molecule has 5 rings (SSSR count). The highest BCUT2D eigenvalue weighted by Gasteiger charge is 2.30. The number of alkyl halides is 3. The van der Waals surface area contributed by atoms with Crippen molar-refractivity contribution >= 4 is 28.8 Å². The van der Waals surface area contributed by atoms with E-state index >= 15 is 0 Å². The number of aliphatic hydroxyl groups is 1. The van der Waals surface area contributed by atoms with E-state index in [-0.39, 0.29) is 6.42 Å². The van der Waals surface area contributed by atoms with E-state index in [9.17, 15) is 27.9 Å². The molecule has 2 heterocycles. The third kappa shape index (κ3) is 5.80. The summed E-state index contributed by atoms with van der Waals surface area (Å²) in [6, 6.07) is 15.0. The van der Waals surface area contributed by atoms with Crippen LogP contribution in [0.2, 0.25) is 0 Å². The Kier molecular flexibility index (Phi) is 7.12. The van der Waals surface area contributed by atoms with Crippen LogP contribution < -0.4 is 20.1 Å². The number of amides is 2. The molecule has 0 aromatic heterocycles. The Hall–Kier alpha value is -4.57. The number of aliphatic hydroxyl groups excluding tert-OH is 1. The van der Waals surface area contributed by atoms with Crippen molar-refractivity contribution in [3.05, 3.63) is 101 Å². The number of hydrogen-bond acceptors (Lipinski definition) is 5. The molecule has 2 aliphatic rings. The summed E-state index contributed by atoms with van der Waals surface area (Å²) in [6.45, 7) is 0.793. The molecular weight excluding hydrogens is 513 g/mol. The van der Waals surface area contributed by atoms with Crippen LogP contribution >= 0.6 is 0 Å². The van der Waals surface area contributed by atoms with E-state index in [4.69, 9.17) is 9.47 Å². The Morgan fingerprint density at radius 3 is 2.46 bits per heavy atom. The summed E-state index contributed by atoms with van der Waals surface area (Å²) in [6.07, 6.45) is -1.23. The summed E-state index contributed by atoms with van der Waals surface area (Å²) in [4.78, 5) is 24.4. The molecule has 3 aromatic rings. The van der Waals surface area contributed by atoms with Crippen molar-refractivity contribution in [2.75, 3.05) is 23.8 Å². The predicted molar refractivity (Wildman–Crippen MR) is 139 cm³/mol. The van der Waals surface area contributed by atoms with Crippen molar-refractivity contribution in [2.45, 2.75) is 18.7 Å². The SMILES string of the molecule is O=C(/C=C/C=C(/c1ccc(C(F)(F)F)cc1)c1ccc2c(c1)OCCO2)Nc1cccc2c1CC(O)C(=O)N2. The number of hydrogen-bond donors (Lipinski definition) is 3. The van der Waals surface area contributed by atoms with Crippen LogP contribution in [0.3, 0.4) is 0 Å². The van der Waals surface area contributed by atoms with Gasteiger partial charge in [-0.15, -0.1) is 0 Å². The van der Waals surface area contributed by atoms with Crippen LogP contribution in [0.4, 0.5) is 24.5 Å². The van der Waals surface area contributed by atoms with Crippen molar-refractivity contribution in [3.8, 4) is 11.5 Å². The second-order valence-corrected chi connectivity index (χ2v) is 8.90. The number of ether oxygens (including phenoxy) is 2. The lowest BCUT2D eigenvalue weighted by molar-refractivity contribution is -0.137. The summed E-state index contributed by atoms with van der Waals surface area (Å²) in [5, 5.41) is 15.3. The summed E-state index contributed by atoms with van der Waals surface area (Å²) in [5.74, 6) is 0.103. The van der Waals surface area contributed by atoms with Gasteiger partial charge in [-0.3, -0.25) is 9.59 Å². The normalized spacial score (nSPS) is 17.0. The average molecular weight is 537 g/mol. The number of fused-ring (bicyclic) bond motifs is 2. The molecule has 2 aliphatic heterocycles. The van der Waals surface area contributed by atoms with Gasteiger partial charge in [0.15, 0.2) is 11.5 Å². The molecule has 0 saturated carbocycles. The first-order valence-electron chi connectivity index (χ1n) is 12.1. The van der Waals surface area contributed by atoms with Crippen LogP contribution in [0.25, 0.3) is 5.57 Å². The Morgan fingerprint density at radius 1 is 1.00 bits per heavy atom. The van der Waals surface area contributed by atoms with E-state index in [1.807, 2.05) is 0 Å². The Labute approximate surface area is 221 Å². The molecule has 0 bridgehead atoms. The lowest BCUT2D eigenvalue weighted by Gasteiger charge is -2.23. The number of carbonyl (C=O) groups excluding carboxylic acids is 2. The lowest BCUT2D eigenvalue weighted by atomic mass is 9.96. The van der Waals surface area contributed by atoms with Crippen molar-refractivity contribution in [1.82, 2.24) is 0 Å². The van der Waals surface area contributed by atoms with Gasteiger partial charge in [-0.05, 0) is 53.1 Å². The molecule has 0 spiro atoms. The number of carbonyl (C=O) groups is 2. The second kappa shape index (κ2) is 10.7. The molecule has 3 aromatic carbocycles. The quantitative estimate of drug-likeness (QED) is 0.317. The number of nitrogens with one attached hydrogen (secondary N) is 2. The first-order valence-corrected chi connectivity index (χ1v) is 12.1. The maximum Gasteiger partial charge on any atom is 0.416 e. The van der Waals surface area contributed by atoms with Crippen LogP contribution in [0.1, 0.15) is 22.3 Å². The largest absolute Gasteiger partial charge is 0.486 e. The van der Waals surface area contributed by atoms with Gasteiger partial charge in [-0.2, -0.15) is 13.2 Å². The van der Waals surface area contributed by atoms with Gasteiger partial charge < -0.3 is 25.2 Å². The monoisotopic (exact) mass is 536 g/mol. The van der Waals surface area contributed by atoms with Gasteiger partial charge in [0.1, 0.15) is 19.3 Å². The highest BCUT2D eigenvalue weighted by Crippen LogP contribution is 2.36. The third-order valence-electron chi connectivity index (χ3n) is 6.28. The first kappa shape index (κ1) is 26.1.